The van der Waals surface area contributed by atoms with Gasteiger partial charge in [-0.25, -0.2) is 4.98 Å². The molecule has 4 rings (SSSR count). The molecule has 0 aliphatic heterocycles. The second kappa shape index (κ2) is 6.59. The van der Waals surface area contributed by atoms with Crippen LogP contribution in [0.4, 0.5) is 6.01 Å². The van der Waals surface area contributed by atoms with E-state index in [2.05, 4.69) is 37.6 Å². The standard InChI is InChI=1S/C17H13N5OS/c1-2-4-13(5-3-1)16-19-10-14(24-16)11-20-17-22-21-15(23-17)12-6-8-18-9-7-12/h1-10H,11H2,(H,20,22). The molecule has 7 heteroatoms. The molecular weight excluding hydrogens is 322 g/mol. The minimum Gasteiger partial charge on any atom is -0.403 e. The van der Waals surface area contributed by atoms with Crippen molar-refractivity contribution < 1.29 is 4.42 Å². The molecule has 118 valence electrons. The fourth-order valence-corrected chi connectivity index (χ4v) is 3.03. The molecule has 0 saturated carbocycles. The van der Waals surface area contributed by atoms with Crippen molar-refractivity contribution in [3.8, 4) is 22.0 Å². The molecule has 0 saturated heterocycles. The summed E-state index contributed by atoms with van der Waals surface area (Å²) in [6.07, 6.45) is 5.24. The van der Waals surface area contributed by atoms with Gasteiger partial charge in [-0.15, -0.1) is 16.4 Å². The number of aromatic nitrogens is 4. The highest BCUT2D eigenvalue weighted by Crippen LogP contribution is 2.25. The number of hydrogen-bond donors (Lipinski definition) is 1. The van der Waals surface area contributed by atoms with E-state index in [1.54, 1.807) is 23.7 Å². The first-order valence-electron chi connectivity index (χ1n) is 7.36. The van der Waals surface area contributed by atoms with Gasteiger partial charge in [0.25, 0.3) is 0 Å². The molecule has 24 heavy (non-hydrogen) atoms. The molecule has 1 N–H and O–H groups in total. The van der Waals surface area contributed by atoms with E-state index in [9.17, 15) is 0 Å². The quantitative estimate of drug-likeness (QED) is 0.596. The molecule has 6 nitrogen and oxygen atoms in total. The Bertz CT molecular complexity index is 843. The van der Waals surface area contributed by atoms with Gasteiger partial charge in [0.1, 0.15) is 5.01 Å². The fourth-order valence-electron chi connectivity index (χ4n) is 2.17. The molecule has 0 radical (unpaired) electrons. The average Bonchev–Trinajstić information content (AvgIpc) is 3.31. The van der Waals surface area contributed by atoms with E-state index in [-0.39, 0.29) is 0 Å². The lowest BCUT2D eigenvalue weighted by molar-refractivity contribution is 0.581. The summed E-state index contributed by atoms with van der Waals surface area (Å²) in [6.45, 7) is 0.586. The first kappa shape index (κ1) is 14.5. The SMILES string of the molecule is c1ccc(-c2ncc(CNc3nnc(-c4ccncc4)o3)s2)cc1. The van der Waals surface area contributed by atoms with Crippen LogP contribution >= 0.6 is 11.3 Å². The van der Waals surface area contributed by atoms with E-state index >= 15 is 0 Å². The second-order valence-corrected chi connectivity index (χ2v) is 6.11. The molecule has 3 aromatic heterocycles. The summed E-state index contributed by atoms with van der Waals surface area (Å²) in [7, 11) is 0. The van der Waals surface area contributed by atoms with Gasteiger partial charge in [-0.3, -0.25) is 4.98 Å². The third-order valence-electron chi connectivity index (χ3n) is 3.34. The Kier molecular flexibility index (Phi) is 3.99. The molecule has 3 heterocycles. The van der Waals surface area contributed by atoms with Crippen LogP contribution in [0.15, 0.2) is 65.5 Å². The van der Waals surface area contributed by atoms with Crippen LogP contribution < -0.4 is 5.32 Å². The van der Waals surface area contributed by atoms with Gasteiger partial charge in [0.2, 0.25) is 5.89 Å². The van der Waals surface area contributed by atoms with Gasteiger partial charge in [0, 0.05) is 34.6 Å². The van der Waals surface area contributed by atoms with Crippen molar-refractivity contribution in [3.63, 3.8) is 0 Å². The summed E-state index contributed by atoms with van der Waals surface area (Å²) in [5.41, 5.74) is 1.96. The zero-order valence-electron chi connectivity index (χ0n) is 12.6. The Hall–Kier alpha value is -3.06. The largest absolute Gasteiger partial charge is 0.403 e. The molecule has 0 unspecified atom stereocenters. The van der Waals surface area contributed by atoms with Gasteiger partial charge in [-0.05, 0) is 12.1 Å². The number of anilines is 1. The van der Waals surface area contributed by atoms with Crippen molar-refractivity contribution in [3.05, 3.63) is 65.9 Å². The van der Waals surface area contributed by atoms with E-state index < -0.39 is 0 Å². The van der Waals surface area contributed by atoms with Gasteiger partial charge in [-0.2, -0.15) is 0 Å². The minimum absolute atomic E-state index is 0.386. The Morgan fingerprint density at radius 1 is 0.958 bits per heavy atom. The predicted octanol–water partition coefficient (Wildman–Crippen LogP) is 3.87. The van der Waals surface area contributed by atoms with Crippen molar-refractivity contribution in [2.24, 2.45) is 0 Å². The minimum atomic E-state index is 0.386. The van der Waals surface area contributed by atoms with Gasteiger partial charge in [0.05, 0.1) is 6.54 Å². The van der Waals surface area contributed by atoms with Crippen LogP contribution in [-0.2, 0) is 6.54 Å². The van der Waals surface area contributed by atoms with Crippen LogP contribution in [0.5, 0.6) is 0 Å². The summed E-state index contributed by atoms with van der Waals surface area (Å²) >= 11 is 1.64. The number of nitrogens with zero attached hydrogens (tertiary/aromatic N) is 4. The molecule has 1 aromatic carbocycles. The van der Waals surface area contributed by atoms with Crippen molar-refractivity contribution in [2.45, 2.75) is 6.54 Å². The summed E-state index contributed by atoms with van der Waals surface area (Å²) in [6, 6.07) is 14.1. The van der Waals surface area contributed by atoms with E-state index in [0.29, 0.717) is 18.5 Å². The van der Waals surface area contributed by atoms with E-state index in [1.807, 2.05) is 36.5 Å². The lowest BCUT2D eigenvalue weighted by Gasteiger charge is -1.97. The molecular formula is C17H13N5OS. The summed E-state index contributed by atoms with van der Waals surface area (Å²) in [4.78, 5) is 9.52. The third kappa shape index (κ3) is 3.16. The monoisotopic (exact) mass is 335 g/mol. The van der Waals surface area contributed by atoms with Crippen LogP contribution in [0, 0.1) is 0 Å². The number of hydrogen-bond acceptors (Lipinski definition) is 7. The van der Waals surface area contributed by atoms with E-state index in [0.717, 1.165) is 21.0 Å². The maximum Gasteiger partial charge on any atom is 0.316 e. The molecule has 0 amide bonds. The second-order valence-electron chi connectivity index (χ2n) is 5.00. The number of nitrogens with one attached hydrogen (secondary N) is 1. The van der Waals surface area contributed by atoms with Crippen LogP contribution in [0.3, 0.4) is 0 Å². The summed E-state index contributed by atoms with van der Waals surface area (Å²) in [5.74, 6) is 0.467. The lowest BCUT2D eigenvalue weighted by Crippen LogP contribution is -1.97. The maximum absolute atomic E-state index is 5.61. The topological polar surface area (TPSA) is 76.7 Å². The molecule has 0 aliphatic rings. The third-order valence-corrected chi connectivity index (χ3v) is 4.39. The van der Waals surface area contributed by atoms with Gasteiger partial charge >= 0.3 is 6.01 Å². The van der Waals surface area contributed by atoms with Crippen LogP contribution in [-0.4, -0.2) is 20.2 Å². The zero-order valence-corrected chi connectivity index (χ0v) is 13.4. The summed E-state index contributed by atoms with van der Waals surface area (Å²) in [5, 5.41) is 12.2. The first-order chi connectivity index (χ1) is 11.9. The highest BCUT2D eigenvalue weighted by Gasteiger charge is 2.09. The molecule has 0 fully saturated rings. The van der Waals surface area contributed by atoms with Crippen LogP contribution in [0.1, 0.15) is 4.88 Å². The normalized spacial score (nSPS) is 10.7. The number of pyridine rings is 1. The molecule has 0 bridgehead atoms. The Balaban J connectivity index is 1.43. The first-order valence-corrected chi connectivity index (χ1v) is 8.18. The van der Waals surface area contributed by atoms with Crippen molar-refractivity contribution in [2.75, 3.05) is 5.32 Å². The smallest absolute Gasteiger partial charge is 0.316 e. The van der Waals surface area contributed by atoms with Crippen molar-refractivity contribution >= 4 is 17.4 Å². The Morgan fingerprint density at radius 2 is 1.79 bits per heavy atom. The van der Waals surface area contributed by atoms with Gasteiger partial charge < -0.3 is 9.73 Å². The molecule has 0 aliphatic carbocycles. The number of benzene rings is 1. The molecule has 0 atom stereocenters. The van der Waals surface area contributed by atoms with E-state index in [4.69, 9.17) is 4.42 Å². The highest BCUT2D eigenvalue weighted by atomic mass is 32.1. The number of thiazole rings is 1. The van der Waals surface area contributed by atoms with Gasteiger partial charge in [-0.1, -0.05) is 35.4 Å². The van der Waals surface area contributed by atoms with E-state index in [1.165, 1.54) is 0 Å². The van der Waals surface area contributed by atoms with Crippen molar-refractivity contribution in [1.29, 1.82) is 0 Å². The van der Waals surface area contributed by atoms with Crippen molar-refractivity contribution in [1.82, 2.24) is 20.2 Å². The number of rotatable bonds is 5. The Morgan fingerprint density at radius 3 is 2.62 bits per heavy atom. The highest BCUT2D eigenvalue weighted by molar-refractivity contribution is 7.15. The lowest BCUT2D eigenvalue weighted by atomic mass is 10.2. The summed E-state index contributed by atoms with van der Waals surface area (Å²) < 4.78 is 5.61. The average molecular weight is 335 g/mol. The Labute approximate surface area is 142 Å². The van der Waals surface area contributed by atoms with Gasteiger partial charge in [0.15, 0.2) is 0 Å². The molecule has 4 aromatic rings. The maximum atomic E-state index is 5.61. The fraction of sp³-hybridized carbons (Fsp3) is 0.0588. The molecule has 0 spiro atoms. The zero-order chi connectivity index (χ0) is 16.2. The van der Waals surface area contributed by atoms with Crippen LogP contribution in [0.25, 0.3) is 22.0 Å². The van der Waals surface area contributed by atoms with Crippen LogP contribution in [0.2, 0.25) is 0 Å². The predicted molar refractivity (Wildman–Crippen MR) is 92.4 cm³/mol.